The average Bonchev–Trinajstić information content (AvgIpc) is 3.02. The molecule has 0 bridgehead atoms. The molecule has 1 atom stereocenters. The minimum atomic E-state index is 0.635. The normalized spacial score (nSPS) is 20.4. The van der Waals surface area contributed by atoms with E-state index in [2.05, 4.69) is 32.7 Å². The van der Waals surface area contributed by atoms with Crippen molar-refractivity contribution >= 4 is 17.3 Å². The predicted octanol–water partition coefficient (Wildman–Crippen LogP) is 1.79. The lowest BCUT2D eigenvalue weighted by molar-refractivity contribution is 0.157. The Bertz CT molecular complexity index is 378. The number of ether oxygens (including phenoxy) is 1. The highest BCUT2D eigenvalue weighted by atomic mass is 32.1. The van der Waals surface area contributed by atoms with E-state index >= 15 is 0 Å². The summed E-state index contributed by atoms with van der Waals surface area (Å²) in [5, 5.41) is 5.52. The van der Waals surface area contributed by atoms with Gasteiger partial charge in [-0.25, -0.2) is 0 Å². The van der Waals surface area contributed by atoms with Gasteiger partial charge in [0.15, 0.2) is 5.96 Å². The molecule has 0 spiro atoms. The van der Waals surface area contributed by atoms with Gasteiger partial charge in [0.2, 0.25) is 0 Å². The molecule has 1 unspecified atom stereocenters. The molecule has 1 aromatic rings. The van der Waals surface area contributed by atoms with Crippen LogP contribution in [0.5, 0.6) is 0 Å². The van der Waals surface area contributed by atoms with Gasteiger partial charge in [-0.15, -0.1) is 11.3 Å². The summed E-state index contributed by atoms with van der Waals surface area (Å²) in [6.45, 7) is 3.81. The van der Waals surface area contributed by atoms with Crippen molar-refractivity contribution in [3.8, 4) is 0 Å². The molecule has 1 N–H and O–H groups in total. The number of likely N-dealkylation sites (tertiary alicyclic amines) is 1. The van der Waals surface area contributed by atoms with Crippen LogP contribution in [0, 0.1) is 5.92 Å². The highest BCUT2D eigenvalue weighted by molar-refractivity contribution is 7.09. The molecule has 1 aliphatic heterocycles. The van der Waals surface area contributed by atoms with E-state index < -0.39 is 0 Å². The number of nitrogens with zero attached hydrogens (tertiary/aromatic N) is 2. The lowest BCUT2D eigenvalue weighted by Crippen LogP contribution is -2.39. The van der Waals surface area contributed by atoms with Gasteiger partial charge in [-0.3, -0.25) is 4.99 Å². The van der Waals surface area contributed by atoms with Crippen LogP contribution in [0.4, 0.5) is 0 Å². The van der Waals surface area contributed by atoms with Gasteiger partial charge in [-0.05, 0) is 17.9 Å². The van der Waals surface area contributed by atoms with E-state index in [1.54, 1.807) is 18.4 Å². The van der Waals surface area contributed by atoms with Gasteiger partial charge in [0.1, 0.15) is 0 Å². The van der Waals surface area contributed by atoms with Crippen LogP contribution in [0.2, 0.25) is 0 Å². The lowest BCUT2D eigenvalue weighted by atomic mass is 10.1. The zero-order valence-corrected chi connectivity index (χ0v) is 11.9. The summed E-state index contributed by atoms with van der Waals surface area (Å²) >= 11 is 1.77. The van der Waals surface area contributed by atoms with Gasteiger partial charge in [0.25, 0.3) is 0 Å². The molecule has 4 nitrogen and oxygen atoms in total. The van der Waals surface area contributed by atoms with Crippen LogP contribution < -0.4 is 5.32 Å². The van der Waals surface area contributed by atoms with Crippen LogP contribution in [-0.2, 0) is 11.3 Å². The Kier molecular flexibility index (Phi) is 5.01. The molecule has 0 aliphatic carbocycles. The maximum atomic E-state index is 5.22. The Balaban J connectivity index is 1.82. The van der Waals surface area contributed by atoms with E-state index in [-0.39, 0.29) is 0 Å². The van der Waals surface area contributed by atoms with E-state index in [4.69, 9.17) is 4.74 Å². The highest BCUT2D eigenvalue weighted by Gasteiger charge is 2.24. The molecule has 1 aromatic heterocycles. The molecule has 5 heteroatoms. The standard InChI is InChI=1S/C13H21N3OS/c1-14-13(15-8-12-4-3-7-18-12)16-6-5-11(9-16)10-17-2/h3-4,7,11H,5-6,8-10H2,1-2H3,(H,14,15). The average molecular weight is 267 g/mol. The molecule has 2 rings (SSSR count). The summed E-state index contributed by atoms with van der Waals surface area (Å²) < 4.78 is 5.22. The van der Waals surface area contributed by atoms with Gasteiger partial charge in [-0.1, -0.05) is 6.07 Å². The van der Waals surface area contributed by atoms with Crippen LogP contribution in [0.3, 0.4) is 0 Å². The van der Waals surface area contributed by atoms with Crippen molar-refractivity contribution in [2.75, 3.05) is 33.9 Å². The molecule has 1 aliphatic rings. The Morgan fingerprint density at radius 3 is 3.22 bits per heavy atom. The van der Waals surface area contributed by atoms with Crippen LogP contribution in [0.25, 0.3) is 0 Å². The second-order valence-corrected chi connectivity index (χ2v) is 5.57. The van der Waals surface area contributed by atoms with Crippen molar-refractivity contribution in [2.24, 2.45) is 10.9 Å². The molecule has 0 aromatic carbocycles. The molecule has 0 saturated carbocycles. The van der Waals surface area contributed by atoms with Gasteiger partial charge in [0.05, 0.1) is 13.2 Å². The summed E-state index contributed by atoms with van der Waals surface area (Å²) in [5.74, 6) is 1.64. The number of rotatable bonds is 4. The maximum absolute atomic E-state index is 5.22. The highest BCUT2D eigenvalue weighted by Crippen LogP contribution is 2.16. The number of aliphatic imine (C=N–C) groups is 1. The molecular weight excluding hydrogens is 246 g/mol. The Labute approximate surface area is 113 Å². The van der Waals surface area contributed by atoms with Crippen molar-refractivity contribution in [1.82, 2.24) is 10.2 Å². The van der Waals surface area contributed by atoms with E-state index in [1.165, 1.54) is 11.3 Å². The minimum Gasteiger partial charge on any atom is -0.384 e. The van der Waals surface area contributed by atoms with Crippen LogP contribution in [-0.4, -0.2) is 44.7 Å². The summed E-state index contributed by atoms with van der Waals surface area (Å²) in [6.07, 6.45) is 1.19. The second-order valence-electron chi connectivity index (χ2n) is 4.54. The summed E-state index contributed by atoms with van der Waals surface area (Å²) in [6, 6.07) is 4.22. The maximum Gasteiger partial charge on any atom is 0.193 e. The van der Waals surface area contributed by atoms with Crippen molar-refractivity contribution in [3.05, 3.63) is 22.4 Å². The minimum absolute atomic E-state index is 0.635. The first-order valence-corrected chi connectivity index (χ1v) is 7.18. The first-order chi connectivity index (χ1) is 8.83. The number of hydrogen-bond acceptors (Lipinski definition) is 3. The van der Waals surface area contributed by atoms with Crippen molar-refractivity contribution in [1.29, 1.82) is 0 Å². The van der Waals surface area contributed by atoms with E-state index in [1.807, 2.05) is 7.05 Å². The fourth-order valence-corrected chi connectivity index (χ4v) is 2.95. The Morgan fingerprint density at radius 2 is 2.56 bits per heavy atom. The van der Waals surface area contributed by atoms with Gasteiger partial charge >= 0.3 is 0 Å². The smallest absolute Gasteiger partial charge is 0.193 e. The molecule has 0 radical (unpaired) electrons. The third-order valence-corrected chi connectivity index (χ3v) is 4.08. The first kappa shape index (κ1) is 13.4. The summed E-state index contributed by atoms with van der Waals surface area (Å²) in [5.41, 5.74) is 0. The van der Waals surface area contributed by atoms with Crippen LogP contribution in [0.1, 0.15) is 11.3 Å². The van der Waals surface area contributed by atoms with E-state index in [9.17, 15) is 0 Å². The predicted molar refractivity (Wildman–Crippen MR) is 76.1 cm³/mol. The fraction of sp³-hybridized carbons (Fsp3) is 0.615. The lowest BCUT2D eigenvalue weighted by Gasteiger charge is -2.21. The van der Waals surface area contributed by atoms with Crippen molar-refractivity contribution in [2.45, 2.75) is 13.0 Å². The molecule has 100 valence electrons. The second kappa shape index (κ2) is 6.75. The molecule has 2 heterocycles. The topological polar surface area (TPSA) is 36.9 Å². The molecule has 1 saturated heterocycles. The van der Waals surface area contributed by atoms with Gasteiger partial charge < -0.3 is 15.0 Å². The zero-order valence-electron chi connectivity index (χ0n) is 11.1. The van der Waals surface area contributed by atoms with Gasteiger partial charge in [0, 0.05) is 38.0 Å². The number of methoxy groups -OCH3 is 1. The van der Waals surface area contributed by atoms with E-state index in [0.29, 0.717) is 5.92 Å². The monoisotopic (exact) mass is 267 g/mol. The van der Waals surface area contributed by atoms with Crippen LogP contribution >= 0.6 is 11.3 Å². The molecule has 0 amide bonds. The summed E-state index contributed by atoms with van der Waals surface area (Å²) in [4.78, 5) is 8.01. The largest absolute Gasteiger partial charge is 0.384 e. The SMILES string of the molecule is CN=C(NCc1cccs1)N1CCC(COC)C1. The quantitative estimate of drug-likeness (QED) is 0.667. The Hall–Kier alpha value is -1.07. The van der Waals surface area contributed by atoms with Crippen molar-refractivity contribution in [3.63, 3.8) is 0 Å². The third-order valence-electron chi connectivity index (χ3n) is 3.20. The number of nitrogens with one attached hydrogen (secondary N) is 1. The number of hydrogen-bond donors (Lipinski definition) is 1. The summed E-state index contributed by atoms with van der Waals surface area (Å²) in [7, 11) is 3.62. The van der Waals surface area contributed by atoms with Gasteiger partial charge in [-0.2, -0.15) is 0 Å². The van der Waals surface area contributed by atoms with E-state index in [0.717, 1.165) is 32.2 Å². The Morgan fingerprint density at radius 1 is 1.67 bits per heavy atom. The molecule has 18 heavy (non-hydrogen) atoms. The molecule has 1 fully saturated rings. The van der Waals surface area contributed by atoms with Crippen molar-refractivity contribution < 1.29 is 4.74 Å². The third kappa shape index (κ3) is 3.46. The zero-order chi connectivity index (χ0) is 12.8. The van der Waals surface area contributed by atoms with Crippen LogP contribution in [0.15, 0.2) is 22.5 Å². The number of guanidine groups is 1. The fourth-order valence-electron chi connectivity index (χ4n) is 2.31. The first-order valence-electron chi connectivity index (χ1n) is 6.30. The number of thiophene rings is 1. The molecular formula is C13H21N3OS.